The van der Waals surface area contributed by atoms with E-state index in [1.54, 1.807) is 24.3 Å². The van der Waals surface area contributed by atoms with Crippen LogP contribution in [-0.2, 0) is 0 Å². The van der Waals surface area contributed by atoms with E-state index in [0.717, 1.165) is 5.69 Å². The van der Waals surface area contributed by atoms with Crippen molar-refractivity contribution in [1.29, 1.82) is 0 Å². The van der Waals surface area contributed by atoms with Gasteiger partial charge in [-0.25, -0.2) is 4.39 Å². The van der Waals surface area contributed by atoms with Crippen molar-refractivity contribution in [2.75, 3.05) is 17.2 Å². The van der Waals surface area contributed by atoms with E-state index in [1.165, 1.54) is 12.1 Å². The average Bonchev–Trinajstić information content (AvgIpc) is 2.34. The highest BCUT2D eigenvalue weighted by Crippen LogP contribution is 2.36. The molecule has 18 heavy (non-hydrogen) atoms. The molecule has 0 aliphatic carbocycles. The first-order chi connectivity index (χ1) is 8.63. The van der Waals surface area contributed by atoms with Crippen molar-refractivity contribution in [3.63, 3.8) is 0 Å². The van der Waals surface area contributed by atoms with Gasteiger partial charge >= 0.3 is 0 Å². The van der Waals surface area contributed by atoms with E-state index < -0.39 is 0 Å². The molecule has 0 atom stereocenters. The van der Waals surface area contributed by atoms with Crippen molar-refractivity contribution in [1.82, 2.24) is 0 Å². The van der Waals surface area contributed by atoms with E-state index in [-0.39, 0.29) is 5.82 Å². The maximum atomic E-state index is 13.3. The van der Waals surface area contributed by atoms with Gasteiger partial charge in [0.2, 0.25) is 0 Å². The van der Waals surface area contributed by atoms with Gasteiger partial charge in [-0.3, -0.25) is 0 Å². The minimum absolute atomic E-state index is 0.281. The minimum atomic E-state index is -0.281. The highest BCUT2D eigenvalue weighted by atomic mass is 35.5. The number of hydrogen-bond donors (Lipinski definition) is 1. The Balaban J connectivity index is 2.52. The summed E-state index contributed by atoms with van der Waals surface area (Å²) in [6.45, 7) is 2.62. The van der Waals surface area contributed by atoms with Gasteiger partial charge in [0.25, 0.3) is 0 Å². The van der Waals surface area contributed by atoms with Crippen LogP contribution in [0, 0.1) is 5.82 Å². The van der Waals surface area contributed by atoms with Gasteiger partial charge in [0.15, 0.2) is 0 Å². The summed E-state index contributed by atoms with van der Waals surface area (Å²) in [5, 5.41) is 0.557. The molecule has 2 aromatic rings. The Morgan fingerprint density at radius 2 is 1.94 bits per heavy atom. The third-order valence-electron chi connectivity index (χ3n) is 2.72. The first-order valence-electron chi connectivity index (χ1n) is 5.70. The van der Waals surface area contributed by atoms with Gasteiger partial charge in [-0.2, -0.15) is 0 Å². The predicted octanol–water partition coefficient (Wildman–Crippen LogP) is 4.22. The van der Waals surface area contributed by atoms with E-state index in [1.807, 2.05) is 17.9 Å². The first-order valence-corrected chi connectivity index (χ1v) is 6.08. The molecule has 0 unspecified atom stereocenters. The van der Waals surface area contributed by atoms with Crippen molar-refractivity contribution >= 4 is 28.7 Å². The third-order valence-corrected chi connectivity index (χ3v) is 3.03. The number of hydrogen-bond acceptors (Lipinski definition) is 2. The summed E-state index contributed by atoms with van der Waals surface area (Å²) in [5.74, 6) is -0.281. The maximum Gasteiger partial charge on any atom is 0.125 e. The number of nitrogen functional groups attached to an aromatic ring is 1. The number of anilines is 3. The fourth-order valence-electron chi connectivity index (χ4n) is 1.93. The van der Waals surface area contributed by atoms with Crippen molar-refractivity contribution in [2.45, 2.75) is 6.92 Å². The van der Waals surface area contributed by atoms with Gasteiger partial charge in [0.1, 0.15) is 5.82 Å². The lowest BCUT2D eigenvalue weighted by atomic mass is 10.2. The highest BCUT2D eigenvalue weighted by molar-refractivity contribution is 6.34. The van der Waals surface area contributed by atoms with Crippen LogP contribution in [0.4, 0.5) is 21.5 Å². The number of rotatable bonds is 3. The second kappa shape index (κ2) is 5.27. The van der Waals surface area contributed by atoms with Crippen LogP contribution in [-0.4, -0.2) is 6.54 Å². The fourth-order valence-corrected chi connectivity index (χ4v) is 2.21. The second-order valence-corrected chi connectivity index (χ2v) is 4.31. The molecule has 94 valence electrons. The normalized spacial score (nSPS) is 10.4. The lowest BCUT2D eigenvalue weighted by molar-refractivity contribution is 0.627. The summed E-state index contributed by atoms with van der Waals surface area (Å²) in [4.78, 5) is 1.89. The van der Waals surface area contributed by atoms with E-state index in [0.29, 0.717) is 22.9 Å². The number of benzene rings is 2. The quantitative estimate of drug-likeness (QED) is 0.841. The zero-order valence-corrected chi connectivity index (χ0v) is 10.8. The molecule has 0 radical (unpaired) electrons. The molecule has 0 aromatic heterocycles. The molecule has 0 aliphatic heterocycles. The molecule has 2 aromatic carbocycles. The van der Waals surface area contributed by atoms with Crippen molar-refractivity contribution < 1.29 is 4.39 Å². The number of nitrogens with zero attached hydrogens (tertiary/aromatic N) is 1. The Labute approximate surface area is 111 Å². The van der Waals surface area contributed by atoms with Crippen molar-refractivity contribution in [2.24, 2.45) is 0 Å². The van der Waals surface area contributed by atoms with Crippen LogP contribution >= 0.6 is 11.6 Å². The molecule has 0 saturated carbocycles. The lowest BCUT2D eigenvalue weighted by Gasteiger charge is -2.25. The predicted molar refractivity (Wildman–Crippen MR) is 74.9 cm³/mol. The lowest BCUT2D eigenvalue weighted by Crippen LogP contribution is -2.18. The Bertz CT molecular complexity index is 537. The van der Waals surface area contributed by atoms with Gasteiger partial charge in [0, 0.05) is 12.2 Å². The molecule has 4 heteroatoms. The fraction of sp³-hybridized carbons (Fsp3) is 0.143. The number of para-hydroxylation sites is 1. The molecule has 0 heterocycles. The van der Waals surface area contributed by atoms with Crippen LogP contribution in [0.2, 0.25) is 5.02 Å². The summed E-state index contributed by atoms with van der Waals surface area (Å²) >= 11 is 6.18. The Morgan fingerprint density at radius 1 is 1.22 bits per heavy atom. The molecular formula is C14H14ClFN2. The summed E-state index contributed by atoms with van der Waals surface area (Å²) < 4.78 is 13.3. The smallest absolute Gasteiger partial charge is 0.125 e. The monoisotopic (exact) mass is 264 g/mol. The molecule has 0 saturated heterocycles. The molecule has 0 fully saturated rings. The standard InChI is InChI=1S/C14H14ClFN2/c1-2-18(11-6-3-5-10(16)9-11)14-12(15)7-4-8-13(14)17/h3-9H,2,17H2,1H3. The zero-order valence-electron chi connectivity index (χ0n) is 10.0. The van der Waals surface area contributed by atoms with Gasteiger partial charge in [-0.15, -0.1) is 0 Å². The summed E-state index contributed by atoms with van der Waals surface area (Å²) in [7, 11) is 0. The second-order valence-electron chi connectivity index (χ2n) is 3.90. The van der Waals surface area contributed by atoms with E-state index in [9.17, 15) is 4.39 Å². The van der Waals surface area contributed by atoms with Crippen LogP contribution in [0.1, 0.15) is 6.92 Å². The van der Waals surface area contributed by atoms with Crippen LogP contribution in [0.15, 0.2) is 42.5 Å². The Morgan fingerprint density at radius 3 is 2.56 bits per heavy atom. The molecule has 0 amide bonds. The molecule has 2 rings (SSSR count). The molecule has 2 N–H and O–H groups in total. The molecule has 0 spiro atoms. The Kier molecular flexibility index (Phi) is 3.72. The van der Waals surface area contributed by atoms with Crippen molar-refractivity contribution in [3.8, 4) is 0 Å². The number of halogens is 2. The first kappa shape index (κ1) is 12.7. The minimum Gasteiger partial charge on any atom is -0.397 e. The zero-order chi connectivity index (χ0) is 13.1. The highest BCUT2D eigenvalue weighted by Gasteiger charge is 2.14. The summed E-state index contributed by atoms with van der Waals surface area (Å²) in [5.41, 5.74) is 7.98. The van der Waals surface area contributed by atoms with Crippen LogP contribution in [0.5, 0.6) is 0 Å². The topological polar surface area (TPSA) is 29.3 Å². The van der Waals surface area contributed by atoms with Gasteiger partial charge in [-0.1, -0.05) is 23.7 Å². The van der Waals surface area contributed by atoms with Crippen LogP contribution in [0.3, 0.4) is 0 Å². The molecular weight excluding hydrogens is 251 g/mol. The van der Waals surface area contributed by atoms with Gasteiger partial charge in [-0.05, 0) is 37.3 Å². The van der Waals surface area contributed by atoms with Crippen LogP contribution < -0.4 is 10.6 Å². The molecule has 2 nitrogen and oxygen atoms in total. The van der Waals surface area contributed by atoms with Gasteiger partial charge < -0.3 is 10.6 Å². The SMILES string of the molecule is CCN(c1cccc(F)c1)c1c(N)cccc1Cl. The van der Waals surface area contributed by atoms with E-state index in [2.05, 4.69) is 0 Å². The third kappa shape index (κ3) is 2.41. The summed E-state index contributed by atoms with van der Waals surface area (Å²) in [6.07, 6.45) is 0. The van der Waals surface area contributed by atoms with Crippen LogP contribution in [0.25, 0.3) is 0 Å². The Hall–Kier alpha value is -1.74. The van der Waals surface area contributed by atoms with Gasteiger partial charge in [0.05, 0.1) is 16.4 Å². The maximum absolute atomic E-state index is 13.3. The average molecular weight is 265 g/mol. The summed E-state index contributed by atoms with van der Waals surface area (Å²) in [6, 6.07) is 11.7. The largest absolute Gasteiger partial charge is 0.397 e. The number of nitrogens with two attached hydrogens (primary N) is 1. The van der Waals surface area contributed by atoms with E-state index in [4.69, 9.17) is 17.3 Å². The van der Waals surface area contributed by atoms with E-state index >= 15 is 0 Å². The molecule has 0 aliphatic rings. The molecule has 0 bridgehead atoms. The van der Waals surface area contributed by atoms with Crippen molar-refractivity contribution in [3.05, 3.63) is 53.3 Å².